The first kappa shape index (κ1) is 25.4. The number of esters is 2. The molecule has 0 aliphatic rings. The number of benzene rings is 3. The summed E-state index contributed by atoms with van der Waals surface area (Å²) in [5.74, 6) is -2.92. The smallest absolute Gasteiger partial charge is 0.339 e. The molecule has 3 rings (SSSR count). The Bertz CT molecular complexity index is 1340. The van der Waals surface area contributed by atoms with E-state index in [1.807, 2.05) is 0 Å². The highest BCUT2D eigenvalue weighted by Gasteiger charge is 2.28. The molecule has 0 aliphatic carbocycles. The van der Waals surface area contributed by atoms with Crippen molar-refractivity contribution in [2.75, 3.05) is 30.4 Å². The topological polar surface area (TPSA) is 119 Å². The van der Waals surface area contributed by atoms with Crippen molar-refractivity contribution in [1.82, 2.24) is 0 Å². The summed E-state index contributed by atoms with van der Waals surface area (Å²) < 4.78 is 50.2. The van der Waals surface area contributed by atoms with Crippen molar-refractivity contribution in [3.8, 4) is 0 Å². The van der Waals surface area contributed by atoms with Gasteiger partial charge in [-0.3, -0.25) is 9.10 Å². The molecule has 1 N–H and O–H groups in total. The van der Waals surface area contributed by atoms with Crippen molar-refractivity contribution in [2.24, 2.45) is 0 Å². The van der Waals surface area contributed by atoms with Gasteiger partial charge in [0.25, 0.3) is 10.0 Å². The quantitative estimate of drug-likeness (QED) is 0.472. The molecule has 9 nitrogen and oxygen atoms in total. The Kier molecular flexibility index (Phi) is 7.82. The zero-order chi connectivity index (χ0) is 25.6. The molecular formula is C24H21FN2O7S. The van der Waals surface area contributed by atoms with Crippen LogP contribution in [0.1, 0.15) is 20.7 Å². The number of nitrogens with zero attached hydrogens (tertiary/aromatic N) is 1. The lowest BCUT2D eigenvalue weighted by molar-refractivity contribution is -0.114. The van der Waals surface area contributed by atoms with Crippen LogP contribution in [0.25, 0.3) is 0 Å². The molecule has 1 amide bonds. The van der Waals surface area contributed by atoms with Gasteiger partial charge in [0, 0.05) is 0 Å². The number of amides is 1. The zero-order valence-electron chi connectivity index (χ0n) is 18.7. The minimum absolute atomic E-state index is 0.0503. The van der Waals surface area contributed by atoms with E-state index in [4.69, 9.17) is 4.74 Å². The van der Waals surface area contributed by atoms with E-state index in [1.165, 1.54) is 37.4 Å². The van der Waals surface area contributed by atoms with E-state index in [0.717, 1.165) is 35.7 Å². The molecule has 0 spiro atoms. The fourth-order valence-corrected chi connectivity index (χ4v) is 4.56. The summed E-state index contributed by atoms with van der Waals surface area (Å²) >= 11 is 0. The van der Waals surface area contributed by atoms with E-state index in [0.29, 0.717) is 0 Å². The van der Waals surface area contributed by atoms with Gasteiger partial charge in [-0.15, -0.1) is 0 Å². The Morgan fingerprint density at radius 3 is 2.11 bits per heavy atom. The standard InChI is InChI=1S/C24H21FN2O7S/c1-33-23(29)16-8-13-20(24(30)34-2)21(14-16)26-22(28)15-27(18-6-4-3-5-7-18)35(31,32)19-11-9-17(25)10-12-19/h3-14H,15H2,1-2H3,(H,26,28). The van der Waals surface area contributed by atoms with Gasteiger partial charge in [-0.2, -0.15) is 0 Å². The van der Waals surface area contributed by atoms with E-state index in [2.05, 4.69) is 10.1 Å². The molecule has 0 saturated heterocycles. The van der Waals surface area contributed by atoms with Crippen LogP contribution in [0, 0.1) is 5.82 Å². The molecule has 0 atom stereocenters. The second-order valence-electron chi connectivity index (χ2n) is 7.09. The molecule has 0 fully saturated rings. The fourth-order valence-electron chi connectivity index (χ4n) is 3.14. The summed E-state index contributed by atoms with van der Waals surface area (Å²) in [6, 6.07) is 15.8. The molecule has 0 heterocycles. The Labute approximate surface area is 201 Å². The first-order valence-electron chi connectivity index (χ1n) is 10.1. The SMILES string of the molecule is COC(=O)c1ccc(C(=O)OC)c(NC(=O)CN(c2ccccc2)S(=O)(=O)c2ccc(F)cc2)c1. The number of sulfonamides is 1. The lowest BCUT2D eigenvalue weighted by atomic mass is 10.1. The first-order valence-corrected chi connectivity index (χ1v) is 11.5. The third-order valence-corrected chi connectivity index (χ3v) is 6.64. The molecule has 0 saturated carbocycles. The molecule has 0 bridgehead atoms. The van der Waals surface area contributed by atoms with Gasteiger partial charge in [0.1, 0.15) is 12.4 Å². The van der Waals surface area contributed by atoms with Crippen LogP contribution in [-0.4, -0.2) is 47.0 Å². The summed E-state index contributed by atoms with van der Waals surface area (Å²) in [5, 5.41) is 2.46. The summed E-state index contributed by atoms with van der Waals surface area (Å²) in [5.41, 5.74) is 0.107. The highest BCUT2D eigenvalue weighted by atomic mass is 32.2. The van der Waals surface area contributed by atoms with E-state index in [9.17, 15) is 27.2 Å². The Balaban J connectivity index is 1.98. The monoisotopic (exact) mass is 500 g/mol. The number of hydrogen-bond donors (Lipinski definition) is 1. The zero-order valence-corrected chi connectivity index (χ0v) is 19.5. The fraction of sp³-hybridized carbons (Fsp3) is 0.125. The highest BCUT2D eigenvalue weighted by molar-refractivity contribution is 7.92. The average Bonchev–Trinajstić information content (AvgIpc) is 2.87. The maximum absolute atomic E-state index is 13.4. The number of methoxy groups -OCH3 is 2. The predicted octanol–water partition coefficient (Wildman–Crippen LogP) is 3.23. The highest BCUT2D eigenvalue weighted by Crippen LogP contribution is 2.25. The van der Waals surface area contributed by atoms with Crippen LogP contribution < -0.4 is 9.62 Å². The third kappa shape index (κ3) is 5.82. The predicted molar refractivity (Wildman–Crippen MR) is 125 cm³/mol. The number of halogens is 1. The molecule has 0 aromatic heterocycles. The molecular weight excluding hydrogens is 479 g/mol. The van der Waals surface area contributed by atoms with Crippen molar-refractivity contribution >= 4 is 39.2 Å². The Morgan fingerprint density at radius 2 is 1.51 bits per heavy atom. The number of nitrogens with one attached hydrogen (secondary N) is 1. The summed E-state index contributed by atoms with van der Waals surface area (Å²) in [6.45, 7) is -0.688. The number of rotatable bonds is 8. The lowest BCUT2D eigenvalue weighted by Crippen LogP contribution is -2.38. The van der Waals surface area contributed by atoms with E-state index in [1.54, 1.807) is 18.2 Å². The molecule has 3 aromatic carbocycles. The normalized spacial score (nSPS) is 10.8. The average molecular weight is 501 g/mol. The number of hydrogen-bond acceptors (Lipinski definition) is 7. The first-order chi connectivity index (χ1) is 16.7. The molecule has 11 heteroatoms. The van der Waals surface area contributed by atoms with Crippen LogP contribution in [0.4, 0.5) is 15.8 Å². The maximum Gasteiger partial charge on any atom is 0.339 e. The number of carbonyl (C=O) groups is 3. The van der Waals surface area contributed by atoms with Gasteiger partial charge in [-0.25, -0.2) is 22.4 Å². The van der Waals surface area contributed by atoms with Crippen molar-refractivity contribution in [3.05, 3.63) is 89.7 Å². The van der Waals surface area contributed by atoms with Crippen molar-refractivity contribution in [3.63, 3.8) is 0 Å². The van der Waals surface area contributed by atoms with Crippen molar-refractivity contribution in [2.45, 2.75) is 4.90 Å². The Morgan fingerprint density at radius 1 is 0.886 bits per heavy atom. The van der Waals surface area contributed by atoms with Gasteiger partial charge < -0.3 is 14.8 Å². The van der Waals surface area contributed by atoms with Crippen LogP contribution in [0.5, 0.6) is 0 Å². The van der Waals surface area contributed by atoms with E-state index < -0.39 is 40.2 Å². The van der Waals surface area contributed by atoms with Crippen LogP contribution >= 0.6 is 0 Å². The van der Waals surface area contributed by atoms with Gasteiger partial charge in [0.2, 0.25) is 5.91 Å². The largest absolute Gasteiger partial charge is 0.465 e. The summed E-state index contributed by atoms with van der Waals surface area (Å²) in [4.78, 5) is 36.8. The van der Waals surface area contributed by atoms with E-state index in [-0.39, 0.29) is 27.4 Å². The van der Waals surface area contributed by atoms with E-state index >= 15 is 0 Å². The molecule has 182 valence electrons. The Hall–Kier alpha value is -4.25. The lowest BCUT2D eigenvalue weighted by Gasteiger charge is -2.24. The summed E-state index contributed by atoms with van der Waals surface area (Å²) in [6.07, 6.45) is 0. The van der Waals surface area contributed by atoms with Gasteiger partial charge in [-0.05, 0) is 54.6 Å². The molecule has 35 heavy (non-hydrogen) atoms. The van der Waals surface area contributed by atoms with Gasteiger partial charge in [0.15, 0.2) is 0 Å². The maximum atomic E-state index is 13.4. The summed E-state index contributed by atoms with van der Waals surface area (Å²) in [7, 11) is -1.95. The molecule has 3 aromatic rings. The minimum atomic E-state index is -4.27. The molecule has 0 aliphatic heterocycles. The number of carbonyl (C=O) groups excluding carboxylic acids is 3. The van der Waals surface area contributed by atoms with Gasteiger partial charge >= 0.3 is 11.9 Å². The second-order valence-corrected chi connectivity index (χ2v) is 8.96. The van der Waals surface area contributed by atoms with Gasteiger partial charge in [-0.1, -0.05) is 18.2 Å². The number of ether oxygens (including phenoxy) is 2. The third-order valence-electron chi connectivity index (χ3n) is 4.85. The van der Waals surface area contributed by atoms with Crippen molar-refractivity contribution in [1.29, 1.82) is 0 Å². The van der Waals surface area contributed by atoms with Crippen molar-refractivity contribution < 1.29 is 36.7 Å². The van der Waals surface area contributed by atoms with Crippen LogP contribution in [-0.2, 0) is 24.3 Å². The van der Waals surface area contributed by atoms with Gasteiger partial charge in [0.05, 0.1) is 41.6 Å². The van der Waals surface area contributed by atoms with Crippen LogP contribution in [0.3, 0.4) is 0 Å². The number of para-hydroxylation sites is 1. The van der Waals surface area contributed by atoms with Crippen LogP contribution in [0.2, 0.25) is 0 Å². The minimum Gasteiger partial charge on any atom is -0.465 e. The molecule has 0 radical (unpaired) electrons. The second kappa shape index (κ2) is 10.8. The van der Waals surface area contributed by atoms with Crippen LogP contribution in [0.15, 0.2) is 77.7 Å². The number of anilines is 2. The molecule has 0 unspecified atom stereocenters.